The van der Waals surface area contributed by atoms with Crippen molar-refractivity contribution in [2.75, 3.05) is 25.0 Å². The van der Waals surface area contributed by atoms with Gasteiger partial charge in [-0.05, 0) is 84.8 Å². The third kappa shape index (κ3) is 12.0. The summed E-state index contributed by atoms with van der Waals surface area (Å²) in [7, 11) is 0. The molecule has 0 heterocycles. The minimum Gasteiger partial charge on any atom is -0.494 e. The van der Waals surface area contributed by atoms with E-state index in [9.17, 15) is 37.5 Å². The van der Waals surface area contributed by atoms with Crippen LogP contribution in [0.25, 0.3) is 0 Å². The molecule has 0 aliphatic rings. The van der Waals surface area contributed by atoms with Crippen molar-refractivity contribution in [3.8, 4) is 11.5 Å². The number of alkyl halides is 3. The van der Waals surface area contributed by atoms with Gasteiger partial charge in [-0.15, -0.1) is 0 Å². The molecule has 0 radical (unpaired) electrons. The zero-order valence-electron chi connectivity index (χ0n) is 28.1. The molecule has 4 aromatic carbocycles. The number of esters is 1. The SMILES string of the molecule is CCCCCCCOc1ccc(C(=O)Oc2ccc(CN(CC(=O)O)C(=O)c3ccc(NCC(=O)c4ccc(C(F)(F)F)cc4)cc3)cc2)cc1. The summed E-state index contributed by atoms with van der Waals surface area (Å²) in [6.07, 6.45) is 1.17. The molecule has 0 unspecified atom stereocenters. The Labute approximate surface area is 294 Å². The Bertz CT molecular complexity index is 1760. The van der Waals surface area contributed by atoms with Crippen LogP contribution in [-0.4, -0.2) is 53.3 Å². The van der Waals surface area contributed by atoms with Crippen LogP contribution in [0.3, 0.4) is 0 Å². The highest BCUT2D eigenvalue weighted by Crippen LogP contribution is 2.29. The second kappa shape index (κ2) is 18.4. The molecular formula is C39H39F3N2O7. The van der Waals surface area contributed by atoms with Gasteiger partial charge in [-0.25, -0.2) is 4.79 Å². The summed E-state index contributed by atoms with van der Waals surface area (Å²) >= 11 is 0. The van der Waals surface area contributed by atoms with Gasteiger partial charge in [0.1, 0.15) is 18.0 Å². The number of nitrogens with zero attached hydrogens (tertiary/aromatic N) is 1. The molecule has 0 aliphatic carbocycles. The molecule has 4 rings (SSSR count). The maximum Gasteiger partial charge on any atom is 0.416 e. The molecule has 0 saturated heterocycles. The molecule has 268 valence electrons. The molecule has 4 aromatic rings. The maximum absolute atomic E-state index is 13.3. The molecule has 0 atom stereocenters. The molecule has 2 N–H and O–H groups in total. The first-order chi connectivity index (χ1) is 24.4. The molecular weight excluding hydrogens is 665 g/mol. The number of Topliss-reactive ketones (excluding diaryl/α,β-unsaturated/α-hetero) is 1. The Balaban J connectivity index is 1.29. The molecule has 0 fully saturated rings. The standard InChI is InChI=1S/C39H39F3N2O7/c1-2-3-4-5-6-23-50-33-21-13-30(14-22-33)38(49)51-34-19-7-27(8-20-34)25-44(26-36(46)47)37(48)29-11-17-32(18-12-29)43-24-35(45)28-9-15-31(16-10-28)39(40,41)42/h7-22,43H,2-6,23-26H2,1H3,(H,46,47). The molecule has 0 aromatic heterocycles. The first-order valence-corrected chi connectivity index (χ1v) is 16.5. The van der Waals surface area contributed by atoms with Crippen LogP contribution in [0.2, 0.25) is 0 Å². The molecule has 1 amide bonds. The van der Waals surface area contributed by atoms with Crippen LogP contribution in [0.15, 0.2) is 97.1 Å². The van der Waals surface area contributed by atoms with Gasteiger partial charge in [0.05, 0.1) is 24.3 Å². The topological polar surface area (TPSA) is 122 Å². The van der Waals surface area contributed by atoms with Crippen molar-refractivity contribution in [1.29, 1.82) is 0 Å². The number of unbranched alkanes of at least 4 members (excludes halogenated alkanes) is 4. The number of benzene rings is 4. The van der Waals surface area contributed by atoms with E-state index in [-0.39, 0.29) is 30.0 Å². The molecule has 12 heteroatoms. The van der Waals surface area contributed by atoms with Crippen molar-refractivity contribution in [3.05, 3.63) is 125 Å². The lowest BCUT2D eigenvalue weighted by Crippen LogP contribution is -2.35. The summed E-state index contributed by atoms with van der Waals surface area (Å²) < 4.78 is 49.6. The monoisotopic (exact) mass is 704 g/mol. The molecule has 9 nitrogen and oxygen atoms in total. The van der Waals surface area contributed by atoms with Gasteiger partial charge >= 0.3 is 18.1 Å². The number of carboxylic acid groups (broad SMARTS) is 1. The Morgan fingerprint density at radius 1 is 0.725 bits per heavy atom. The Morgan fingerprint density at radius 3 is 1.92 bits per heavy atom. The number of ether oxygens (including phenoxy) is 2. The molecule has 0 bridgehead atoms. The van der Waals surface area contributed by atoms with Crippen LogP contribution in [0.5, 0.6) is 11.5 Å². The van der Waals surface area contributed by atoms with Crippen molar-refractivity contribution in [1.82, 2.24) is 4.90 Å². The van der Waals surface area contributed by atoms with Crippen molar-refractivity contribution in [2.45, 2.75) is 51.7 Å². The van der Waals surface area contributed by atoms with Crippen molar-refractivity contribution < 1.29 is 46.9 Å². The maximum atomic E-state index is 13.3. The number of nitrogens with one attached hydrogen (secondary N) is 1. The predicted molar refractivity (Wildman–Crippen MR) is 185 cm³/mol. The predicted octanol–water partition coefficient (Wildman–Crippen LogP) is 8.30. The van der Waals surface area contributed by atoms with E-state index in [0.717, 1.165) is 42.0 Å². The van der Waals surface area contributed by atoms with Gasteiger partial charge < -0.3 is 24.8 Å². The van der Waals surface area contributed by atoms with Crippen molar-refractivity contribution >= 4 is 29.3 Å². The van der Waals surface area contributed by atoms with Crippen LogP contribution >= 0.6 is 0 Å². The van der Waals surface area contributed by atoms with Gasteiger partial charge in [0.2, 0.25) is 0 Å². The van der Waals surface area contributed by atoms with Gasteiger partial charge in [-0.2, -0.15) is 13.2 Å². The minimum atomic E-state index is -4.50. The zero-order valence-corrected chi connectivity index (χ0v) is 28.1. The van der Waals surface area contributed by atoms with Crippen LogP contribution in [0, 0.1) is 0 Å². The van der Waals surface area contributed by atoms with E-state index in [4.69, 9.17) is 9.47 Å². The number of amides is 1. The molecule has 0 aliphatic heterocycles. The van der Waals surface area contributed by atoms with E-state index in [2.05, 4.69) is 12.2 Å². The summed E-state index contributed by atoms with van der Waals surface area (Å²) in [6, 6.07) is 23.0. The Hall–Kier alpha value is -5.65. The van der Waals surface area contributed by atoms with E-state index in [1.807, 2.05) is 0 Å². The molecule has 51 heavy (non-hydrogen) atoms. The van der Waals surface area contributed by atoms with Gasteiger partial charge in [0.25, 0.3) is 5.91 Å². The largest absolute Gasteiger partial charge is 0.494 e. The number of carboxylic acids is 1. The van der Waals surface area contributed by atoms with Gasteiger partial charge in [0, 0.05) is 23.4 Å². The van der Waals surface area contributed by atoms with Crippen molar-refractivity contribution in [2.24, 2.45) is 0 Å². The number of hydrogen-bond acceptors (Lipinski definition) is 7. The summed E-state index contributed by atoms with van der Waals surface area (Å²) in [6.45, 7) is 1.97. The summed E-state index contributed by atoms with van der Waals surface area (Å²) in [5, 5.41) is 12.3. The van der Waals surface area contributed by atoms with E-state index >= 15 is 0 Å². The van der Waals surface area contributed by atoms with Gasteiger partial charge in [-0.3, -0.25) is 14.4 Å². The highest BCUT2D eigenvalue weighted by molar-refractivity contribution is 5.99. The van der Waals surface area contributed by atoms with E-state index < -0.39 is 41.9 Å². The Morgan fingerprint density at radius 2 is 1.31 bits per heavy atom. The number of rotatable bonds is 18. The quantitative estimate of drug-likeness (QED) is 0.0459. The fourth-order valence-corrected chi connectivity index (χ4v) is 5.04. The van der Waals surface area contributed by atoms with E-state index in [1.165, 1.54) is 43.5 Å². The van der Waals surface area contributed by atoms with E-state index in [0.29, 0.717) is 29.2 Å². The van der Waals surface area contributed by atoms with Crippen LogP contribution in [-0.2, 0) is 17.5 Å². The van der Waals surface area contributed by atoms with Gasteiger partial charge in [-0.1, -0.05) is 56.9 Å². The van der Waals surface area contributed by atoms with Crippen LogP contribution in [0.4, 0.5) is 18.9 Å². The fourth-order valence-electron chi connectivity index (χ4n) is 5.04. The minimum absolute atomic E-state index is 0.0406. The summed E-state index contributed by atoms with van der Waals surface area (Å²) in [4.78, 5) is 51.1. The zero-order chi connectivity index (χ0) is 36.8. The fraction of sp³-hybridized carbons (Fsp3) is 0.282. The normalized spacial score (nSPS) is 11.1. The lowest BCUT2D eigenvalue weighted by atomic mass is 10.1. The van der Waals surface area contributed by atoms with E-state index in [1.54, 1.807) is 48.5 Å². The number of carbonyl (C=O) groups is 4. The second-order valence-corrected chi connectivity index (χ2v) is 11.8. The highest BCUT2D eigenvalue weighted by Gasteiger charge is 2.30. The smallest absolute Gasteiger partial charge is 0.416 e. The highest BCUT2D eigenvalue weighted by atomic mass is 19.4. The average Bonchev–Trinajstić information content (AvgIpc) is 3.12. The third-order valence-corrected chi connectivity index (χ3v) is 7.85. The number of hydrogen-bond donors (Lipinski definition) is 2. The number of aliphatic carboxylic acids is 1. The number of anilines is 1. The third-order valence-electron chi connectivity index (χ3n) is 7.85. The lowest BCUT2D eigenvalue weighted by molar-refractivity contribution is -0.138. The average molecular weight is 705 g/mol. The van der Waals surface area contributed by atoms with Crippen LogP contribution in [0.1, 0.15) is 81.2 Å². The second-order valence-electron chi connectivity index (χ2n) is 11.8. The summed E-state index contributed by atoms with van der Waals surface area (Å²) in [5.41, 5.74) is 0.871. The summed E-state index contributed by atoms with van der Waals surface area (Å²) in [5.74, 6) is -1.81. The Kier molecular flexibility index (Phi) is 13.7. The first kappa shape index (κ1) is 38.2. The number of carbonyl (C=O) groups excluding carboxylic acids is 3. The van der Waals surface area contributed by atoms with Crippen molar-refractivity contribution in [3.63, 3.8) is 0 Å². The first-order valence-electron chi connectivity index (χ1n) is 16.5. The molecule has 0 spiro atoms. The van der Waals surface area contributed by atoms with Crippen LogP contribution < -0.4 is 14.8 Å². The number of ketones is 1. The lowest BCUT2D eigenvalue weighted by Gasteiger charge is -2.21. The van der Waals surface area contributed by atoms with Gasteiger partial charge in [0.15, 0.2) is 5.78 Å². The molecule has 0 saturated carbocycles. The number of halogens is 3.